The number of nitrogens with zero attached hydrogens (tertiary/aromatic N) is 2. The van der Waals surface area contributed by atoms with Crippen molar-refractivity contribution in [3.8, 4) is 11.3 Å². The first-order valence-electron chi connectivity index (χ1n) is 6.63. The van der Waals surface area contributed by atoms with Crippen LogP contribution >= 0.6 is 0 Å². The standard InChI is InChI=1S/C15H9F3N2O4/c16-15(17,18)13-3-1-2-10(19-13)8-23-14(21)11-6-12(24-20-11)9-4-5-22-7-9/h1-7H,8H2. The molecule has 3 heterocycles. The molecule has 0 fully saturated rings. The molecule has 0 radical (unpaired) electrons. The van der Waals surface area contributed by atoms with Crippen molar-refractivity contribution in [1.82, 2.24) is 10.1 Å². The maximum atomic E-state index is 12.6. The molecule has 0 aromatic carbocycles. The van der Waals surface area contributed by atoms with Crippen LogP contribution in [-0.2, 0) is 17.5 Å². The van der Waals surface area contributed by atoms with Crippen LogP contribution in [0.4, 0.5) is 13.2 Å². The van der Waals surface area contributed by atoms with Gasteiger partial charge in [0.15, 0.2) is 11.5 Å². The number of pyridine rings is 1. The number of rotatable bonds is 4. The van der Waals surface area contributed by atoms with E-state index in [2.05, 4.69) is 10.1 Å². The zero-order valence-electron chi connectivity index (χ0n) is 11.9. The van der Waals surface area contributed by atoms with Crippen molar-refractivity contribution in [2.75, 3.05) is 0 Å². The molecule has 0 unspecified atom stereocenters. The van der Waals surface area contributed by atoms with E-state index in [0.29, 0.717) is 11.3 Å². The Balaban J connectivity index is 1.66. The Morgan fingerprint density at radius 2 is 2.08 bits per heavy atom. The zero-order valence-corrected chi connectivity index (χ0v) is 11.9. The molecule has 0 saturated carbocycles. The summed E-state index contributed by atoms with van der Waals surface area (Å²) >= 11 is 0. The van der Waals surface area contributed by atoms with E-state index < -0.39 is 24.4 Å². The highest BCUT2D eigenvalue weighted by atomic mass is 19.4. The van der Waals surface area contributed by atoms with Gasteiger partial charge in [-0.15, -0.1) is 0 Å². The van der Waals surface area contributed by atoms with Gasteiger partial charge in [0, 0.05) is 6.07 Å². The molecule has 3 rings (SSSR count). The van der Waals surface area contributed by atoms with Crippen molar-refractivity contribution in [2.24, 2.45) is 0 Å². The summed E-state index contributed by atoms with van der Waals surface area (Å²) in [5.74, 6) is -0.541. The monoisotopic (exact) mass is 338 g/mol. The molecule has 0 atom stereocenters. The van der Waals surface area contributed by atoms with E-state index in [1.54, 1.807) is 6.07 Å². The van der Waals surface area contributed by atoms with Crippen LogP contribution in [0.1, 0.15) is 21.9 Å². The van der Waals surface area contributed by atoms with Gasteiger partial charge in [0.25, 0.3) is 0 Å². The highest BCUT2D eigenvalue weighted by Crippen LogP contribution is 2.27. The molecular weight excluding hydrogens is 329 g/mol. The number of halogens is 3. The minimum atomic E-state index is -4.56. The lowest BCUT2D eigenvalue weighted by Crippen LogP contribution is -2.11. The van der Waals surface area contributed by atoms with E-state index in [0.717, 1.165) is 6.07 Å². The Morgan fingerprint density at radius 1 is 1.25 bits per heavy atom. The number of aromatic nitrogens is 2. The van der Waals surface area contributed by atoms with E-state index >= 15 is 0 Å². The highest BCUT2D eigenvalue weighted by Gasteiger charge is 2.32. The molecule has 3 aromatic rings. The van der Waals surface area contributed by atoms with Crippen molar-refractivity contribution in [2.45, 2.75) is 12.8 Å². The molecule has 124 valence electrons. The van der Waals surface area contributed by atoms with Gasteiger partial charge >= 0.3 is 12.1 Å². The normalized spacial score (nSPS) is 11.5. The van der Waals surface area contributed by atoms with Gasteiger partial charge in [0.05, 0.1) is 17.5 Å². The molecule has 3 aromatic heterocycles. The fourth-order valence-corrected chi connectivity index (χ4v) is 1.84. The summed E-state index contributed by atoms with van der Waals surface area (Å²) in [7, 11) is 0. The van der Waals surface area contributed by atoms with Crippen LogP contribution in [0, 0.1) is 0 Å². The molecule has 24 heavy (non-hydrogen) atoms. The molecule has 0 saturated heterocycles. The van der Waals surface area contributed by atoms with Crippen LogP contribution in [0.2, 0.25) is 0 Å². The third-order valence-corrected chi connectivity index (χ3v) is 2.97. The number of hydrogen-bond acceptors (Lipinski definition) is 6. The predicted molar refractivity (Wildman–Crippen MR) is 72.6 cm³/mol. The number of hydrogen-bond donors (Lipinski definition) is 0. The van der Waals surface area contributed by atoms with Crippen molar-refractivity contribution < 1.29 is 31.6 Å². The van der Waals surface area contributed by atoms with E-state index in [4.69, 9.17) is 13.7 Å². The van der Waals surface area contributed by atoms with Crippen LogP contribution in [0.3, 0.4) is 0 Å². The van der Waals surface area contributed by atoms with Gasteiger partial charge < -0.3 is 13.7 Å². The molecule has 0 N–H and O–H groups in total. The second kappa shape index (κ2) is 6.19. The van der Waals surface area contributed by atoms with Gasteiger partial charge in [-0.1, -0.05) is 11.2 Å². The Kier molecular flexibility index (Phi) is 4.07. The number of carbonyl (C=O) groups excluding carboxylic acids is 1. The lowest BCUT2D eigenvalue weighted by molar-refractivity contribution is -0.141. The molecule has 0 amide bonds. The molecule has 9 heteroatoms. The van der Waals surface area contributed by atoms with Crippen LogP contribution in [0.15, 0.2) is 51.8 Å². The lowest BCUT2D eigenvalue weighted by Gasteiger charge is -2.07. The average Bonchev–Trinajstić information content (AvgIpc) is 3.22. The van der Waals surface area contributed by atoms with E-state index in [1.165, 1.54) is 30.7 Å². The minimum Gasteiger partial charge on any atom is -0.472 e. The smallest absolute Gasteiger partial charge is 0.433 e. The van der Waals surface area contributed by atoms with E-state index in [1.807, 2.05) is 0 Å². The van der Waals surface area contributed by atoms with E-state index in [9.17, 15) is 18.0 Å². The highest BCUT2D eigenvalue weighted by molar-refractivity contribution is 5.88. The van der Waals surface area contributed by atoms with E-state index in [-0.39, 0.29) is 11.4 Å². The molecule has 0 bridgehead atoms. The van der Waals surface area contributed by atoms with Crippen molar-refractivity contribution in [3.05, 3.63) is 59.9 Å². The molecule has 6 nitrogen and oxygen atoms in total. The summed E-state index contributed by atoms with van der Waals surface area (Å²) < 4.78 is 52.5. The van der Waals surface area contributed by atoms with Gasteiger partial charge in [-0.3, -0.25) is 0 Å². The summed E-state index contributed by atoms with van der Waals surface area (Å²) in [6.45, 7) is -0.420. The SMILES string of the molecule is O=C(OCc1cccc(C(F)(F)F)n1)c1cc(-c2ccoc2)on1. The predicted octanol–water partition coefficient (Wildman–Crippen LogP) is 3.71. The first-order valence-corrected chi connectivity index (χ1v) is 6.63. The summed E-state index contributed by atoms with van der Waals surface area (Å²) in [4.78, 5) is 15.3. The molecule has 0 aliphatic heterocycles. The summed E-state index contributed by atoms with van der Waals surface area (Å²) in [6.07, 6.45) is -1.73. The molecule has 0 spiro atoms. The quantitative estimate of drug-likeness (QED) is 0.675. The second-order valence-corrected chi connectivity index (χ2v) is 4.68. The first kappa shape index (κ1) is 15.8. The van der Waals surface area contributed by atoms with Crippen molar-refractivity contribution in [3.63, 3.8) is 0 Å². The summed E-state index contributed by atoms with van der Waals surface area (Å²) in [6, 6.07) is 6.30. The second-order valence-electron chi connectivity index (χ2n) is 4.68. The molecular formula is C15H9F3N2O4. The Labute approximate surface area is 132 Å². The Hall–Kier alpha value is -3.10. The molecule has 0 aliphatic rings. The lowest BCUT2D eigenvalue weighted by atomic mass is 10.2. The fourth-order valence-electron chi connectivity index (χ4n) is 1.84. The summed E-state index contributed by atoms with van der Waals surface area (Å²) in [5, 5.41) is 3.55. The van der Waals surface area contributed by atoms with Crippen LogP contribution < -0.4 is 0 Å². The maximum Gasteiger partial charge on any atom is 0.433 e. The van der Waals surface area contributed by atoms with Gasteiger partial charge in [0.1, 0.15) is 18.6 Å². The number of ether oxygens (including phenoxy) is 1. The summed E-state index contributed by atoms with van der Waals surface area (Å²) in [5.41, 5.74) is -0.615. The Bertz CT molecular complexity index is 841. The van der Waals surface area contributed by atoms with Gasteiger partial charge in [-0.05, 0) is 18.2 Å². The van der Waals surface area contributed by atoms with Crippen molar-refractivity contribution >= 4 is 5.97 Å². The largest absolute Gasteiger partial charge is 0.472 e. The average molecular weight is 338 g/mol. The molecule has 0 aliphatic carbocycles. The van der Waals surface area contributed by atoms with Crippen molar-refractivity contribution in [1.29, 1.82) is 0 Å². The number of alkyl halides is 3. The Morgan fingerprint density at radius 3 is 2.79 bits per heavy atom. The number of furan rings is 1. The van der Waals surface area contributed by atoms with Crippen LogP contribution in [-0.4, -0.2) is 16.1 Å². The van der Waals surface area contributed by atoms with Crippen LogP contribution in [0.25, 0.3) is 11.3 Å². The van der Waals surface area contributed by atoms with Gasteiger partial charge in [0.2, 0.25) is 0 Å². The fraction of sp³-hybridized carbons (Fsp3) is 0.133. The number of esters is 1. The first-order chi connectivity index (χ1) is 11.4. The maximum absolute atomic E-state index is 12.6. The van der Waals surface area contributed by atoms with Gasteiger partial charge in [-0.2, -0.15) is 13.2 Å². The topological polar surface area (TPSA) is 78.4 Å². The zero-order chi connectivity index (χ0) is 17.2. The third kappa shape index (κ3) is 3.45. The third-order valence-electron chi connectivity index (χ3n) is 2.97. The number of carbonyl (C=O) groups is 1. The van der Waals surface area contributed by atoms with Gasteiger partial charge in [-0.25, -0.2) is 9.78 Å². The van der Waals surface area contributed by atoms with Crippen LogP contribution in [0.5, 0.6) is 0 Å². The minimum absolute atomic E-state index is 0.0308.